The molecule has 0 saturated carbocycles. The van der Waals surface area contributed by atoms with Crippen molar-refractivity contribution in [3.63, 3.8) is 0 Å². The Balaban J connectivity index is 2.54. The summed E-state index contributed by atoms with van der Waals surface area (Å²) >= 11 is 0. The molecule has 2 heterocycles. The van der Waals surface area contributed by atoms with Crippen LogP contribution < -0.4 is 10.2 Å². The number of carbonyl (C=O) groups is 2. The normalized spacial score (nSPS) is 18.7. The monoisotopic (exact) mass is 273 g/mol. The molecule has 1 aromatic heterocycles. The number of hydrogen-bond donors (Lipinski definition) is 1. The van der Waals surface area contributed by atoms with Crippen LogP contribution in [0.1, 0.15) is 30.2 Å². The van der Waals surface area contributed by atoms with E-state index in [-0.39, 0.29) is 12.5 Å². The van der Waals surface area contributed by atoms with E-state index < -0.39 is 11.9 Å². The van der Waals surface area contributed by atoms with Gasteiger partial charge in [0, 0.05) is 0 Å². The van der Waals surface area contributed by atoms with Crippen molar-refractivity contribution in [3.05, 3.63) is 16.8 Å². The van der Waals surface area contributed by atoms with Crippen molar-refractivity contribution in [1.29, 1.82) is 5.26 Å². The number of aryl methyl sites for hydroxylation is 1. The summed E-state index contributed by atoms with van der Waals surface area (Å²) in [6.45, 7) is 5.38. The third-order valence-electron chi connectivity index (χ3n) is 3.46. The Morgan fingerprint density at radius 2 is 2.10 bits per heavy atom. The largest absolute Gasteiger partial charge is 0.333 e. The maximum atomic E-state index is 11.9. The Hall–Kier alpha value is -2.49. The Bertz CT molecular complexity index is 620. The summed E-state index contributed by atoms with van der Waals surface area (Å²) in [6.07, 6.45) is 0.512. The molecule has 0 bridgehead atoms. The summed E-state index contributed by atoms with van der Waals surface area (Å²) in [7, 11) is 0. The van der Waals surface area contributed by atoms with E-state index in [9.17, 15) is 14.9 Å². The molecular formula is C13H15N5O2. The quantitative estimate of drug-likeness (QED) is 0.773. The molecule has 1 N–H and O–H groups in total. The van der Waals surface area contributed by atoms with Gasteiger partial charge < -0.3 is 4.90 Å². The van der Waals surface area contributed by atoms with Crippen molar-refractivity contribution in [1.82, 2.24) is 15.5 Å². The SMILES string of the molecule is CCC1C(=O)NC(=O)CN1c1nnc(C)c(C)c1C#N. The van der Waals surface area contributed by atoms with Crippen LogP contribution in [0.4, 0.5) is 5.82 Å². The van der Waals surface area contributed by atoms with Crippen LogP contribution in [0, 0.1) is 25.2 Å². The van der Waals surface area contributed by atoms with Crippen LogP contribution in [-0.2, 0) is 9.59 Å². The van der Waals surface area contributed by atoms with Crippen LogP contribution in [0.15, 0.2) is 0 Å². The Morgan fingerprint density at radius 1 is 1.40 bits per heavy atom. The standard InChI is InChI=1S/C13H15N5O2/c1-4-10-13(20)15-11(19)6-18(10)12-9(5-14)7(2)8(3)16-17-12/h10H,4,6H2,1-3H3,(H,15,19,20). The molecule has 2 amide bonds. The van der Waals surface area contributed by atoms with Crippen molar-refractivity contribution < 1.29 is 9.59 Å². The third kappa shape index (κ3) is 2.20. The zero-order chi connectivity index (χ0) is 14.9. The van der Waals surface area contributed by atoms with Gasteiger partial charge in [-0.1, -0.05) is 6.92 Å². The molecule has 1 unspecified atom stereocenters. The van der Waals surface area contributed by atoms with Gasteiger partial charge in [-0.3, -0.25) is 14.9 Å². The molecule has 104 valence electrons. The predicted molar refractivity (Wildman–Crippen MR) is 70.8 cm³/mol. The molecule has 1 aliphatic heterocycles. The fourth-order valence-electron chi connectivity index (χ4n) is 2.23. The van der Waals surface area contributed by atoms with Crippen LogP contribution in [0.2, 0.25) is 0 Å². The van der Waals surface area contributed by atoms with Gasteiger partial charge in [0.15, 0.2) is 5.82 Å². The van der Waals surface area contributed by atoms with Gasteiger partial charge in [0.2, 0.25) is 11.8 Å². The average Bonchev–Trinajstić information content (AvgIpc) is 2.41. The molecule has 1 fully saturated rings. The van der Waals surface area contributed by atoms with Crippen molar-refractivity contribution in [2.75, 3.05) is 11.4 Å². The Morgan fingerprint density at radius 3 is 2.70 bits per heavy atom. The number of anilines is 1. The van der Waals surface area contributed by atoms with Crippen molar-refractivity contribution in [3.8, 4) is 6.07 Å². The fourth-order valence-corrected chi connectivity index (χ4v) is 2.23. The number of piperazine rings is 1. The highest BCUT2D eigenvalue weighted by Crippen LogP contribution is 2.25. The van der Waals surface area contributed by atoms with E-state index in [4.69, 9.17) is 0 Å². The summed E-state index contributed by atoms with van der Waals surface area (Å²) < 4.78 is 0. The Kier molecular flexibility index (Phi) is 3.66. The summed E-state index contributed by atoms with van der Waals surface area (Å²) in [5.74, 6) is -0.470. The zero-order valence-corrected chi connectivity index (χ0v) is 11.6. The van der Waals surface area contributed by atoms with Crippen molar-refractivity contribution >= 4 is 17.6 Å². The van der Waals surface area contributed by atoms with Crippen molar-refractivity contribution in [2.24, 2.45) is 0 Å². The van der Waals surface area contributed by atoms with Crippen LogP contribution in [0.5, 0.6) is 0 Å². The number of nitrogens with one attached hydrogen (secondary N) is 1. The van der Waals surface area contributed by atoms with E-state index in [2.05, 4.69) is 21.6 Å². The summed E-state index contributed by atoms with van der Waals surface area (Å²) in [5.41, 5.74) is 1.73. The van der Waals surface area contributed by atoms with Crippen LogP contribution in [-0.4, -0.2) is 34.6 Å². The number of carbonyl (C=O) groups excluding carboxylic acids is 2. The van der Waals surface area contributed by atoms with Crippen LogP contribution >= 0.6 is 0 Å². The van der Waals surface area contributed by atoms with E-state index in [0.29, 0.717) is 29.1 Å². The van der Waals surface area contributed by atoms with Gasteiger partial charge in [-0.25, -0.2) is 0 Å². The average molecular weight is 273 g/mol. The number of rotatable bonds is 2. The van der Waals surface area contributed by atoms with Gasteiger partial charge in [-0.2, -0.15) is 10.4 Å². The number of amides is 2. The van der Waals surface area contributed by atoms with Crippen LogP contribution in [0.3, 0.4) is 0 Å². The summed E-state index contributed by atoms with van der Waals surface area (Å²) in [6, 6.07) is 1.57. The minimum atomic E-state index is -0.517. The molecule has 0 aliphatic carbocycles. The second-order valence-corrected chi connectivity index (χ2v) is 4.69. The first-order chi connectivity index (χ1) is 9.49. The molecular weight excluding hydrogens is 258 g/mol. The summed E-state index contributed by atoms with van der Waals surface area (Å²) in [5, 5.41) is 19.6. The smallest absolute Gasteiger partial charge is 0.249 e. The Labute approximate surface area is 116 Å². The molecule has 7 nitrogen and oxygen atoms in total. The number of nitriles is 1. The number of hydrogen-bond acceptors (Lipinski definition) is 6. The molecule has 1 aliphatic rings. The zero-order valence-electron chi connectivity index (χ0n) is 11.6. The van der Waals surface area contributed by atoms with E-state index in [1.54, 1.807) is 18.7 Å². The topological polar surface area (TPSA) is 99.0 Å². The molecule has 0 aromatic carbocycles. The van der Waals surface area contributed by atoms with E-state index in [0.717, 1.165) is 0 Å². The lowest BCUT2D eigenvalue weighted by molar-refractivity contribution is -0.132. The van der Waals surface area contributed by atoms with Gasteiger partial charge in [-0.05, 0) is 25.8 Å². The van der Waals surface area contributed by atoms with Gasteiger partial charge in [0.1, 0.15) is 17.7 Å². The molecule has 2 rings (SSSR count). The molecule has 0 radical (unpaired) electrons. The highest BCUT2D eigenvalue weighted by atomic mass is 16.2. The second kappa shape index (κ2) is 5.25. The predicted octanol–water partition coefficient (Wildman–Crippen LogP) is 0.207. The molecule has 1 aromatic rings. The van der Waals surface area contributed by atoms with Gasteiger partial charge in [0.05, 0.1) is 12.2 Å². The lowest BCUT2D eigenvalue weighted by Gasteiger charge is -2.34. The first-order valence-electron chi connectivity index (χ1n) is 6.33. The lowest BCUT2D eigenvalue weighted by Crippen LogP contribution is -2.58. The second-order valence-electron chi connectivity index (χ2n) is 4.69. The van der Waals surface area contributed by atoms with E-state index in [1.807, 2.05) is 6.92 Å². The maximum Gasteiger partial charge on any atom is 0.249 e. The molecule has 20 heavy (non-hydrogen) atoms. The minimum Gasteiger partial charge on any atom is -0.333 e. The van der Waals surface area contributed by atoms with E-state index >= 15 is 0 Å². The number of imide groups is 1. The number of aromatic nitrogens is 2. The highest BCUT2D eigenvalue weighted by Gasteiger charge is 2.35. The third-order valence-corrected chi connectivity index (χ3v) is 3.46. The molecule has 1 atom stereocenters. The first-order valence-corrected chi connectivity index (χ1v) is 6.33. The maximum absolute atomic E-state index is 11.9. The summed E-state index contributed by atoms with van der Waals surface area (Å²) in [4.78, 5) is 25.0. The van der Waals surface area contributed by atoms with Gasteiger partial charge in [0.25, 0.3) is 0 Å². The van der Waals surface area contributed by atoms with E-state index in [1.165, 1.54) is 0 Å². The molecule has 0 spiro atoms. The molecule has 7 heteroatoms. The van der Waals surface area contributed by atoms with Crippen molar-refractivity contribution in [2.45, 2.75) is 33.2 Å². The number of nitrogens with zero attached hydrogens (tertiary/aromatic N) is 4. The molecule has 1 saturated heterocycles. The first kappa shape index (κ1) is 13.9. The van der Waals surface area contributed by atoms with Gasteiger partial charge >= 0.3 is 0 Å². The lowest BCUT2D eigenvalue weighted by atomic mass is 10.1. The highest BCUT2D eigenvalue weighted by molar-refractivity contribution is 6.04. The van der Waals surface area contributed by atoms with Crippen LogP contribution in [0.25, 0.3) is 0 Å². The van der Waals surface area contributed by atoms with Gasteiger partial charge in [-0.15, -0.1) is 5.10 Å². The minimum absolute atomic E-state index is 0.00386. The fraction of sp³-hybridized carbons (Fsp3) is 0.462.